The second-order valence-electron chi connectivity index (χ2n) is 10.9. The number of rotatable bonds is 5. The number of Topliss-reactive ketones (excluding diaryl/α,β-unsaturated/α-hetero) is 1. The molecule has 1 saturated carbocycles. The Morgan fingerprint density at radius 2 is 1.83 bits per heavy atom. The lowest BCUT2D eigenvalue weighted by molar-refractivity contribution is 0.0748. The number of carbonyl (C=O) groups is 2. The van der Waals surface area contributed by atoms with Crippen LogP contribution in [-0.4, -0.2) is 52.9 Å². The molecule has 3 heterocycles. The fourth-order valence-corrected chi connectivity index (χ4v) is 4.71. The van der Waals surface area contributed by atoms with E-state index in [2.05, 4.69) is 30.9 Å². The van der Waals surface area contributed by atoms with Crippen molar-refractivity contribution >= 4 is 28.5 Å². The van der Waals surface area contributed by atoms with Gasteiger partial charge in [0.25, 0.3) is 11.6 Å². The smallest absolute Gasteiger partial charge is 0.259 e. The Bertz CT molecular complexity index is 1300. The van der Waals surface area contributed by atoms with Crippen molar-refractivity contribution in [3.63, 3.8) is 0 Å². The summed E-state index contributed by atoms with van der Waals surface area (Å²) < 4.78 is 20.3. The third kappa shape index (κ3) is 4.79. The van der Waals surface area contributed by atoms with E-state index in [9.17, 15) is 14.0 Å². The van der Waals surface area contributed by atoms with Gasteiger partial charge in [-0.3, -0.25) is 9.59 Å². The van der Waals surface area contributed by atoms with Gasteiger partial charge in [-0.1, -0.05) is 25.9 Å². The third-order valence-electron chi connectivity index (χ3n) is 6.72. The summed E-state index contributed by atoms with van der Waals surface area (Å²) in [6, 6.07) is 6.50. The predicted octanol–water partition coefficient (Wildman–Crippen LogP) is 4.99. The van der Waals surface area contributed by atoms with Crippen LogP contribution >= 0.6 is 0 Å². The largest absolute Gasteiger partial charge is 0.366 e. The van der Waals surface area contributed by atoms with E-state index in [1.807, 2.05) is 15.9 Å². The molecule has 3 aromatic rings. The summed E-state index contributed by atoms with van der Waals surface area (Å²) >= 11 is 0. The van der Waals surface area contributed by atoms with Crippen molar-refractivity contribution in [1.82, 2.24) is 15.0 Å². The highest BCUT2D eigenvalue weighted by atomic mass is 19.1. The molecular weight excluding hydrogens is 447 g/mol. The first-order valence-electron chi connectivity index (χ1n) is 12.2. The van der Waals surface area contributed by atoms with E-state index in [0.717, 1.165) is 24.2 Å². The molecule has 35 heavy (non-hydrogen) atoms. The highest BCUT2D eigenvalue weighted by Crippen LogP contribution is 2.41. The summed E-state index contributed by atoms with van der Waals surface area (Å²) in [5.74, 6) is -0.275. The van der Waals surface area contributed by atoms with E-state index in [-0.39, 0.29) is 17.1 Å². The molecule has 1 aliphatic carbocycles. The second kappa shape index (κ2) is 8.73. The molecule has 184 valence electrons. The Kier molecular flexibility index (Phi) is 5.85. The van der Waals surface area contributed by atoms with E-state index in [4.69, 9.17) is 4.52 Å². The molecular formula is C27H31FN4O3. The topological polar surface area (TPSA) is 79.5 Å². The molecule has 0 atom stereocenters. The molecule has 1 aliphatic heterocycles. The SMILES string of the molecule is CC(=O)c1ccc(N2CCN(C(=O)c3cc(C4CC4)nc4onc(CC(C)(C)C)c34)CC2)c(F)c1. The average molecular weight is 479 g/mol. The van der Waals surface area contributed by atoms with Crippen LogP contribution in [0.2, 0.25) is 0 Å². The van der Waals surface area contributed by atoms with Gasteiger partial charge in [0.1, 0.15) is 5.82 Å². The summed E-state index contributed by atoms with van der Waals surface area (Å²) in [4.78, 5) is 33.7. The molecule has 1 aromatic carbocycles. The van der Waals surface area contributed by atoms with Crippen LogP contribution in [0.4, 0.5) is 10.1 Å². The fraction of sp³-hybridized carbons (Fsp3) is 0.481. The number of benzene rings is 1. The molecule has 2 fully saturated rings. The van der Waals surface area contributed by atoms with Gasteiger partial charge in [-0.25, -0.2) is 9.37 Å². The molecule has 0 radical (unpaired) electrons. The maximum Gasteiger partial charge on any atom is 0.259 e. The number of nitrogens with zero attached hydrogens (tertiary/aromatic N) is 4. The molecule has 2 aromatic heterocycles. The van der Waals surface area contributed by atoms with E-state index in [1.54, 1.807) is 12.1 Å². The van der Waals surface area contributed by atoms with Crippen LogP contribution in [0.1, 0.15) is 78.6 Å². The predicted molar refractivity (Wildman–Crippen MR) is 131 cm³/mol. The monoisotopic (exact) mass is 478 g/mol. The lowest BCUT2D eigenvalue weighted by atomic mass is 9.89. The number of halogens is 1. The van der Waals surface area contributed by atoms with Gasteiger partial charge in [0.05, 0.1) is 22.3 Å². The van der Waals surface area contributed by atoms with Crippen molar-refractivity contribution in [2.45, 2.75) is 52.9 Å². The Labute approximate surface area is 204 Å². The van der Waals surface area contributed by atoms with Gasteiger partial charge in [-0.05, 0) is 55.9 Å². The van der Waals surface area contributed by atoms with Gasteiger partial charge in [0, 0.05) is 43.4 Å². The Balaban J connectivity index is 1.40. The maximum absolute atomic E-state index is 14.7. The summed E-state index contributed by atoms with van der Waals surface area (Å²) in [5.41, 5.74) is 3.48. The molecule has 7 nitrogen and oxygen atoms in total. The Morgan fingerprint density at radius 3 is 2.43 bits per heavy atom. The summed E-state index contributed by atoms with van der Waals surface area (Å²) in [5, 5.41) is 5.00. The summed E-state index contributed by atoms with van der Waals surface area (Å²) in [6.07, 6.45) is 2.82. The highest BCUT2D eigenvalue weighted by Gasteiger charge is 2.32. The third-order valence-corrected chi connectivity index (χ3v) is 6.72. The standard InChI is InChI=1S/C27H31FN4O3/c1-16(33)18-7-8-23(20(28)13-18)31-9-11-32(12-10-31)26(34)19-14-21(17-5-6-17)29-25-24(19)22(30-35-25)15-27(2,3)4/h7-8,13-14,17H,5-6,9-12,15H2,1-4H3. The van der Waals surface area contributed by atoms with E-state index in [0.29, 0.717) is 66.4 Å². The highest BCUT2D eigenvalue weighted by molar-refractivity contribution is 6.06. The number of anilines is 1. The Hall–Kier alpha value is -3.29. The minimum absolute atomic E-state index is 0.0209. The van der Waals surface area contributed by atoms with Crippen LogP contribution in [0.3, 0.4) is 0 Å². The lowest BCUT2D eigenvalue weighted by Gasteiger charge is -2.36. The number of hydrogen-bond donors (Lipinski definition) is 0. The van der Waals surface area contributed by atoms with Crippen molar-refractivity contribution < 1.29 is 18.5 Å². The quantitative estimate of drug-likeness (QED) is 0.481. The molecule has 0 unspecified atom stereocenters. The van der Waals surface area contributed by atoms with Gasteiger partial charge < -0.3 is 14.3 Å². The first-order chi connectivity index (χ1) is 16.6. The number of fused-ring (bicyclic) bond motifs is 1. The number of pyridine rings is 1. The van der Waals surface area contributed by atoms with Crippen molar-refractivity contribution in [3.05, 3.63) is 52.6 Å². The van der Waals surface area contributed by atoms with Crippen LogP contribution in [0.25, 0.3) is 11.1 Å². The fourth-order valence-electron chi connectivity index (χ4n) is 4.71. The molecule has 8 heteroatoms. The van der Waals surface area contributed by atoms with Gasteiger partial charge in [0.2, 0.25) is 0 Å². The van der Waals surface area contributed by atoms with Gasteiger partial charge in [-0.2, -0.15) is 0 Å². The van der Waals surface area contributed by atoms with Gasteiger partial charge >= 0.3 is 0 Å². The van der Waals surface area contributed by atoms with Crippen molar-refractivity contribution in [2.24, 2.45) is 5.41 Å². The van der Waals surface area contributed by atoms with E-state index >= 15 is 0 Å². The molecule has 1 amide bonds. The first kappa shape index (κ1) is 23.5. The van der Waals surface area contributed by atoms with E-state index < -0.39 is 5.82 Å². The number of ketones is 1. The molecule has 5 rings (SSSR count). The zero-order valence-corrected chi connectivity index (χ0v) is 20.7. The minimum atomic E-state index is -0.418. The van der Waals surface area contributed by atoms with Crippen molar-refractivity contribution in [3.8, 4) is 0 Å². The molecule has 0 spiro atoms. The average Bonchev–Trinajstić information content (AvgIpc) is 3.59. The van der Waals surface area contributed by atoms with Crippen LogP contribution < -0.4 is 4.90 Å². The molecule has 0 bridgehead atoms. The van der Waals surface area contributed by atoms with Crippen LogP contribution in [0, 0.1) is 11.2 Å². The van der Waals surface area contributed by atoms with Crippen LogP contribution in [-0.2, 0) is 6.42 Å². The number of carbonyl (C=O) groups excluding carboxylic acids is 2. The zero-order chi connectivity index (χ0) is 24.9. The summed E-state index contributed by atoms with van der Waals surface area (Å²) in [7, 11) is 0. The molecule has 0 N–H and O–H groups in total. The number of hydrogen-bond acceptors (Lipinski definition) is 6. The minimum Gasteiger partial charge on any atom is -0.366 e. The number of amides is 1. The zero-order valence-electron chi connectivity index (χ0n) is 20.7. The molecule has 1 saturated heterocycles. The van der Waals surface area contributed by atoms with Gasteiger partial charge in [0.15, 0.2) is 5.78 Å². The molecule has 2 aliphatic rings. The maximum atomic E-state index is 14.7. The van der Waals surface area contributed by atoms with Crippen LogP contribution in [0.15, 0.2) is 28.8 Å². The van der Waals surface area contributed by atoms with Crippen molar-refractivity contribution in [2.75, 3.05) is 31.1 Å². The first-order valence-corrected chi connectivity index (χ1v) is 12.2. The van der Waals surface area contributed by atoms with Gasteiger partial charge in [-0.15, -0.1) is 0 Å². The summed E-state index contributed by atoms with van der Waals surface area (Å²) in [6.45, 7) is 9.75. The van der Waals surface area contributed by atoms with E-state index in [1.165, 1.54) is 13.0 Å². The second-order valence-corrected chi connectivity index (χ2v) is 10.9. The van der Waals surface area contributed by atoms with Crippen molar-refractivity contribution in [1.29, 1.82) is 0 Å². The number of piperazine rings is 1. The number of aromatic nitrogens is 2. The Morgan fingerprint density at radius 1 is 1.11 bits per heavy atom. The van der Waals surface area contributed by atoms with Crippen LogP contribution in [0.5, 0.6) is 0 Å². The normalized spacial score (nSPS) is 16.7. The lowest BCUT2D eigenvalue weighted by Crippen LogP contribution is -2.49.